The number of furan rings is 1. The lowest BCUT2D eigenvalue weighted by atomic mass is 9.93. The van der Waals surface area contributed by atoms with Crippen molar-refractivity contribution in [1.82, 2.24) is 5.32 Å². The van der Waals surface area contributed by atoms with E-state index >= 15 is 0 Å². The molecule has 0 aliphatic heterocycles. The molecule has 4 nitrogen and oxygen atoms in total. The van der Waals surface area contributed by atoms with E-state index in [1.807, 2.05) is 6.07 Å². The SMILES string of the molecule is CC(N)C(=O)NC1CCCc2occc21. The zero-order chi connectivity index (χ0) is 10.8. The van der Waals surface area contributed by atoms with Crippen molar-refractivity contribution in [2.75, 3.05) is 0 Å². The number of aryl methyl sites for hydroxylation is 1. The zero-order valence-electron chi connectivity index (χ0n) is 8.82. The highest BCUT2D eigenvalue weighted by atomic mass is 16.3. The van der Waals surface area contributed by atoms with Gasteiger partial charge in [-0.1, -0.05) is 0 Å². The molecule has 2 rings (SSSR count). The van der Waals surface area contributed by atoms with Gasteiger partial charge in [0.15, 0.2) is 0 Å². The first-order valence-electron chi connectivity index (χ1n) is 5.30. The van der Waals surface area contributed by atoms with Crippen LogP contribution in [0.2, 0.25) is 0 Å². The largest absolute Gasteiger partial charge is 0.469 e. The Balaban J connectivity index is 2.10. The second kappa shape index (κ2) is 4.06. The van der Waals surface area contributed by atoms with Gasteiger partial charge in [-0.3, -0.25) is 4.79 Å². The van der Waals surface area contributed by atoms with Crippen LogP contribution >= 0.6 is 0 Å². The third-order valence-corrected chi connectivity index (χ3v) is 2.78. The van der Waals surface area contributed by atoms with E-state index in [1.165, 1.54) is 0 Å². The van der Waals surface area contributed by atoms with Crippen LogP contribution in [0.5, 0.6) is 0 Å². The summed E-state index contributed by atoms with van der Waals surface area (Å²) in [5.74, 6) is 0.894. The van der Waals surface area contributed by atoms with Gasteiger partial charge in [0.25, 0.3) is 0 Å². The summed E-state index contributed by atoms with van der Waals surface area (Å²) in [5.41, 5.74) is 6.62. The molecule has 1 heterocycles. The Labute approximate surface area is 88.8 Å². The number of hydrogen-bond donors (Lipinski definition) is 2. The van der Waals surface area contributed by atoms with Gasteiger partial charge in [-0.15, -0.1) is 0 Å². The molecule has 1 aliphatic carbocycles. The molecule has 0 radical (unpaired) electrons. The van der Waals surface area contributed by atoms with Crippen molar-refractivity contribution in [3.05, 3.63) is 23.7 Å². The van der Waals surface area contributed by atoms with Crippen molar-refractivity contribution in [2.45, 2.75) is 38.3 Å². The van der Waals surface area contributed by atoms with Gasteiger partial charge in [0.2, 0.25) is 5.91 Å². The second-order valence-corrected chi connectivity index (χ2v) is 4.04. The van der Waals surface area contributed by atoms with E-state index in [1.54, 1.807) is 13.2 Å². The Morgan fingerprint density at radius 2 is 2.53 bits per heavy atom. The fourth-order valence-electron chi connectivity index (χ4n) is 1.94. The third kappa shape index (κ3) is 2.04. The Morgan fingerprint density at radius 1 is 1.73 bits per heavy atom. The van der Waals surface area contributed by atoms with E-state index in [-0.39, 0.29) is 11.9 Å². The minimum Gasteiger partial charge on any atom is -0.469 e. The molecule has 3 N–H and O–H groups in total. The summed E-state index contributed by atoms with van der Waals surface area (Å²) in [4.78, 5) is 11.5. The lowest BCUT2D eigenvalue weighted by Gasteiger charge is -2.23. The molecule has 15 heavy (non-hydrogen) atoms. The molecular weight excluding hydrogens is 192 g/mol. The normalized spacial score (nSPS) is 21.9. The van der Waals surface area contributed by atoms with Crippen LogP contribution in [0.4, 0.5) is 0 Å². The lowest BCUT2D eigenvalue weighted by molar-refractivity contribution is -0.122. The number of nitrogens with two attached hydrogens (primary N) is 1. The minimum absolute atomic E-state index is 0.0750. The average Bonchev–Trinajstić information content (AvgIpc) is 2.66. The number of rotatable bonds is 2. The highest BCUT2D eigenvalue weighted by Crippen LogP contribution is 2.30. The Morgan fingerprint density at radius 3 is 3.27 bits per heavy atom. The predicted octanol–water partition coefficient (Wildman–Crippen LogP) is 1.12. The van der Waals surface area contributed by atoms with Crippen molar-refractivity contribution < 1.29 is 9.21 Å². The molecule has 0 bridgehead atoms. The maximum Gasteiger partial charge on any atom is 0.237 e. The highest BCUT2D eigenvalue weighted by molar-refractivity contribution is 5.81. The summed E-state index contributed by atoms with van der Waals surface area (Å²) >= 11 is 0. The number of nitrogens with one attached hydrogen (secondary N) is 1. The van der Waals surface area contributed by atoms with Gasteiger partial charge in [-0.2, -0.15) is 0 Å². The Hall–Kier alpha value is -1.29. The molecule has 2 atom stereocenters. The van der Waals surface area contributed by atoms with Gasteiger partial charge in [0, 0.05) is 12.0 Å². The molecule has 1 aliphatic rings. The molecule has 0 saturated heterocycles. The molecule has 1 amide bonds. The van der Waals surface area contributed by atoms with E-state index < -0.39 is 6.04 Å². The van der Waals surface area contributed by atoms with Gasteiger partial charge >= 0.3 is 0 Å². The van der Waals surface area contributed by atoms with Crippen LogP contribution < -0.4 is 11.1 Å². The molecule has 4 heteroatoms. The molecule has 0 fully saturated rings. The second-order valence-electron chi connectivity index (χ2n) is 4.04. The fraction of sp³-hybridized carbons (Fsp3) is 0.545. The van der Waals surface area contributed by atoms with Crippen LogP contribution in [0.15, 0.2) is 16.7 Å². The molecule has 0 spiro atoms. The minimum atomic E-state index is -0.456. The summed E-state index contributed by atoms with van der Waals surface area (Å²) < 4.78 is 5.35. The van der Waals surface area contributed by atoms with Gasteiger partial charge in [-0.25, -0.2) is 0 Å². The van der Waals surface area contributed by atoms with Gasteiger partial charge in [0.1, 0.15) is 5.76 Å². The summed E-state index contributed by atoms with van der Waals surface area (Å²) in [6, 6.07) is 1.55. The predicted molar refractivity (Wildman–Crippen MR) is 56.2 cm³/mol. The van der Waals surface area contributed by atoms with Crippen molar-refractivity contribution in [3.63, 3.8) is 0 Å². The number of carbonyl (C=O) groups is 1. The molecule has 82 valence electrons. The van der Waals surface area contributed by atoms with Crippen LogP contribution in [-0.2, 0) is 11.2 Å². The van der Waals surface area contributed by atoms with Crippen LogP contribution in [0, 0.1) is 0 Å². The Bertz CT molecular complexity index is 357. The molecule has 1 aromatic heterocycles. The molecule has 0 aromatic carbocycles. The van der Waals surface area contributed by atoms with Gasteiger partial charge in [-0.05, 0) is 25.8 Å². The number of amides is 1. The van der Waals surface area contributed by atoms with Crippen LogP contribution in [0.3, 0.4) is 0 Å². The van der Waals surface area contributed by atoms with Crippen molar-refractivity contribution >= 4 is 5.91 Å². The Kier molecular flexibility index (Phi) is 2.77. The third-order valence-electron chi connectivity index (χ3n) is 2.78. The zero-order valence-corrected chi connectivity index (χ0v) is 8.82. The first kappa shape index (κ1) is 10.2. The van der Waals surface area contributed by atoms with E-state index in [4.69, 9.17) is 10.2 Å². The van der Waals surface area contributed by atoms with E-state index in [9.17, 15) is 4.79 Å². The monoisotopic (exact) mass is 208 g/mol. The lowest BCUT2D eigenvalue weighted by Crippen LogP contribution is -2.41. The fourth-order valence-corrected chi connectivity index (χ4v) is 1.94. The maximum atomic E-state index is 11.5. The quantitative estimate of drug-likeness (QED) is 0.765. The number of carbonyl (C=O) groups excluding carboxylic acids is 1. The van der Waals surface area contributed by atoms with Crippen LogP contribution in [0.25, 0.3) is 0 Å². The smallest absolute Gasteiger partial charge is 0.237 e. The highest BCUT2D eigenvalue weighted by Gasteiger charge is 2.24. The average molecular weight is 208 g/mol. The van der Waals surface area contributed by atoms with Crippen molar-refractivity contribution in [3.8, 4) is 0 Å². The van der Waals surface area contributed by atoms with Gasteiger partial charge < -0.3 is 15.5 Å². The molecule has 0 saturated carbocycles. The first-order chi connectivity index (χ1) is 7.18. The van der Waals surface area contributed by atoms with Gasteiger partial charge in [0.05, 0.1) is 18.3 Å². The summed E-state index contributed by atoms with van der Waals surface area (Å²) in [6.07, 6.45) is 4.66. The van der Waals surface area contributed by atoms with Crippen molar-refractivity contribution in [2.24, 2.45) is 5.73 Å². The standard InChI is InChI=1S/C11H16N2O2/c1-7(12)11(14)13-9-3-2-4-10-8(9)5-6-15-10/h5-7,9H,2-4,12H2,1H3,(H,13,14). The number of hydrogen-bond acceptors (Lipinski definition) is 3. The number of fused-ring (bicyclic) bond motifs is 1. The molecular formula is C11H16N2O2. The maximum absolute atomic E-state index is 11.5. The van der Waals surface area contributed by atoms with Crippen LogP contribution in [0.1, 0.15) is 37.1 Å². The summed E-state index contributed by atoms with van der Waals surface area (Å²) in [7, 11) is 0. The summed E-state index contributed by atoms with van der Waals surface area (Å²) in [5, 5.41) is 2.94. The molecule has 1 aromatic rings. The van der Waals surface area contributed by atoms with E-state index in [0.717, 1.165) is 30.6 Å². The first-order valence-corrected chi connectivity index (χ1v) is 5.30. The van der Waals surface area contributed by atoms with Crippen LogP contribution in [-0.4, -0.2) is 11.9 Å². The summed E-state index contributed by atoms with van der Waals surface area (Å²) in [6.45, 7) is 1.69. The van der Waals surface area contributed by atoms with E-state index in [0.29, 0.717) is 0 Å². The molecule has 2 unspecified atom stereocenters. The van der Waals surface area contributed by atoms with E-state index in [2.05, 4.69) is 5.32 Å². The topological polar surface area (TPSA) is 68.3 Å². The van der Waals surface area contributed by atoms with Crippen molar-refractivity contribution in [1.29, 1.82) is 0 Å².